The fourth-order valence-corrected chi connectivity index (χ4v) is 3.46. The molecule has 0 bridgehead atoms. The number of fused-ring (bicyclic) bond motifs is 2. The van der Waals surface area contributed by atoms with E-state index >= 15 is 0 Å². The van der Waals surface area contributed by atoms with Crippen LogP contribution in [-0.2, 0) is 27.2 Å². The van der Waals surface area contributed by atoms with Crippen LogP contribution in [0.15, 0.2) is 72.8 Å². The largest absolute Gasteiger partial charge is 0.478 e. The predicted molar refractivity (Wildman–Crippen MR) is 126 cm³/mol. The lowest BCUT2D eigenvalue weighted by Gasteiger charge is -2.27. The van der Waals surface area contributed by atoms with Crippen molar-refractivity contribution in [3.63, 3.8) is 0 Å². The summed E-state index contributed by atoms with van der Waals surface area (Å²) in [6, 6.07) is 17.3. The average molecular weight is 453 g/mol. The molecular formula is C25H28N2O6. The Morgan fingerprint density at radius 2 is 1.27 bits per heavy atom. The molecule has 2 aromatic carbocycles. The Bertz CT molecular complexity index is 952. The minimum atomic E-state index is -1.26. The van der Waals surface area contributed by atoms with Crippen LogP contribution in [0.5, 0.6) is 0 Å². The number of carbonyl (C=O) groups is 3. The smallest absolute Gasteiger partial charge is 0.328 e. The first-order valence-corrected chi connectivity index (χ1v) is 10.6. The van der Waals surface area contributed by atoms with E-state index in [1.54, 1.807) is 6.08 Å². The average Bonchev–Trinajstić information content (AvgIpc) is 2.94. The number of aliphatic carboxylic acids is 3. The number of hydrogen-bond acceptors (Lipinski definition) is 5. The van der Waals surface area contributed by atoms with Gasteiger partial charge in [0.15, 0.2) is 0 Å². The van der Waals surface area contributed by atoms with E-state index in [4.69, 9.17) is 15.3 Å². The van der Waals surface area contributed by atoms with Gasteiger partial charge in [-0.05, 0) is 49.1 Å². The lowest BCUT2D eigenvalue weighted by atomic mass is 10.0. The summed E-state index contributed by atoms with van der Waals surface area (Å²) in [5.41, 5.74) is 5.41. The van der Waals surface area contributed by atoms with E-state index in [-0.39, 0.29) is 0 Å². The third-order valence-electron chi connectivity index (χ3n) is 4.85. The number of nitrogens with one attached hydrogen (secondary N) is 1. The van der Waals surface area contributed by atoms with E-state index in [2.05, 4.69) is 58.7 Å². The highest BCUT2D eigenvalue weighted by Crippen LogP contribution is 2.35. The fraction of sp³-hybridized carbons (Fsp3) is 0.240. The number of carboxylic acid groups (broad SMARTS) is 3. The lowest BCUT2D eigenvalue weighted by molar-refractivity contribution is -0.134. The first-order chi connectivity index (χ1) is 15.9. The van der Waals surface area contributed by atoms with Crippen molar-refractivity contribution in [2.24, 2.45) is 0 Å². The molecule has 0 atom stereocenters. The van der Waals surface area contributed by atoms with Crippen LogP contribution < -0.4 is 10.2 Å². The van der Waals surface area contributed by atoms with Crippen LogP contribution in [0.1, 0.15) is 17.5 Å². The topological polar surface area (TPSA) is 127 Å². The Hall–Kier alpha value is -3.91. The summed E-state index contributed by atoms with van der Waals surface area (Å²) in [6.45, 7) is 2.37. The molecule has 33 heavy (non-hydrogen) atoms. The van der Waals surface area contributed by atoms with E-state index in [9.17, 15) is 14.4 Å². The molecule has 1 aliphatic heterocycles. The van der Waals surface area contributed by atoms with Crippen LogP contribution in [0.2, 0.25) is 0 Å². The molecule has 0 aliphatic carbocycles. The molecule has 0 saturated carbocycles. The predicted octanol–water partition coefficient (Wildman–Crippen LogP) is 3.26. The number of para-hydroxylation sites is 2. The molecule has 0 aromatic heterocycles. The number of carboxylic acids is 3. The van der Waals surface area contributed by atoms with E-state index in [1.165, 1.54) is 28.6 Å². The standard InChI is InChI=1S/C21H24N2O2.C4H4O4/c24-21(25)11-5-14-22-15-6-16-23-19-9-3-1-7-17(19)12-13-18-8-2-4-10-20(18)23;5-3(6)1-2-4(7)8/h1-5,7-11,22H,6,12-16H2,(H,24,25);1-2H,(H,5,6)(H,7,8)/b11-5+;2-1+. The normalized spacial score (nSPS) is 12.4. The molecule has 0 unspecified atom stereocenters. The molecule has 4 N–H and O–H groups in total. The van der Waals surface area contributed by atoms with Crippen LogP contribution in [0.3, 0.4) is 0 Å². The van der Waals surface area contributed by atoms with E-state index in [0.717, 1.165) is 32.4 Å². The van der Waals surface area contributed by atoms with E-state index < -0.39 is 17.9 Å². The van der Waals surface area contributed by atoms with Crippen molar-refractivity contribution < 1.29 is 29.7 Å². The van der Waals surface area contributed by atoms with Gasteiger partial charge in [0.05, 0.1) is 0 Å². The summed E-state index contributed by atoms with van der Waals surface area (Å²) in [7, 11) is 0. The zero-order valence-corrected chi connectivity index (χ0v) is 18.2. The van der Waals surface area contributed by atoms with Crippen molar-refractivity contribution in [1.82, 2.24) is 5.32 Å². The molecule has 8 heteroatoms. The number of anilines is 2. The van der Waals surface area contributed by atoms with Crippen LogP contribution in [-0.4, -0.2) is 52.9 Å². The van der Waals surface area contributed by atoms with Gasteiger partial charge in [-0.2, -0.15) is 0 Å². The van der Waals surface area contributed by atoms with Gasteiger partial charge in [-0.1, -0.05) is 42.5 Å². The number of aryl methyl sites for hydroxylation is 2. The lowest BCUT2D eigenvalue weighted by Crippen LogP contribution is -2.24. The van der Waals surface area contributed by atoms with Gasteiger partial charge in [-0.25, -0.2) is 14.4 Å². The zero-order valence-electron chi connectivity index (χ0n) is 18.2. The van der Waals surface area contributed by atoms with Crippen molar-refractivity contribution >= 4 is 29.3 Å². The van der Waals surface area contributed by atoms with Crippen LogP contribution in [0, 0.1) is 0 Å². The fourth-order valence-electron chi connectivity index (χ4n) is 3.46. The maximum absolute atomic E-state index is 10.4. The summed E-state index contributed by atoms with van der Waals surface area (Å²) in [5.74, 6) is -3.42. The van der Waals surface area contributed by atoms with Gasteiger partial charge in [-0.15, -0.1) is 0 Å². The number of nitrogens with zero attached hydrogens (tertiary/aromatic N) is 1. The Labute approximate surface area is 192 Å². The number of benzene rings is 2. The zero-order chi connectivity index (χ0) is 24.1. The van der Waals surface area contributed by atoms with Crippen LogP contribution in [0.4, 0.5) is 11.4 Å². The van der Waals surface area contributed by atoms with Crippen LogP contribution >= 0.6 is 0 Å². The second-order valence-electron chi connectivity index (χ2n) is 7.22. The maximum Gasteiger partial charge on any atom is 0.328 e. The van der Waals surface area contributed by atoms with Crippen molar-refractivity contribution in [2.75, 3.05) is 24.5 Å². The maximum atomic E-state index is 10.4. The molecule has 0 amide bonds. The van der Waals surface area contributed by atoms with Gasteiger partial charge in [0, 0.05) is 42.7 Å². The molecule has 0 radical (unpaired) electrons. The quantitative estimate of drug-likeness (QED) is 0.337. The summed E-state index contributed by atoms with van der Waals surface area (Å²) in [4.78, 5) is 32.0. The Kier molecular flexibility index (Phi) is 10.4. The third kappa shape index (κ3) is 9.00. The molecule has 3 rings (SSSR count). The Balaban J connectivity index is 0.000000414. The molecule has 8 nitrogen and oxygen atoms in total. The van der Waals surface area contributed by atoms with Crippen molar-refractivity contribution in [1.29, 1.82) is 0 Å². The second-order valence-corrected chi connectivity index (χ2v) is 7.22. The van der Waals surface area contributed by atoms with Gasteiger partial charge < -0.3 is 25.5 Å². The molecule has 0 saturated heterocycles. The Morgan fingerprint density at radius 3 is 1.76 bits per heavy atom. The first kappa shape index (κ1) is 25.4. The van der Waals surface area contributed by atoms with Gasteiger partial charge in [-0.3, -0.25) is 0 Å². The SMILES string of the molecule is O=C(O)/C=C/C(=O)O.O=C(O)/C=C/CNCCCN1c2ccccc2CCc2ccccc21. The molecule has 2 aromatic rings. The van der Waals surface area contributed by atoms with Crippen LogP contribution in [0.25, 0.3) is 0 Å². The third-order valence-corrected chi connectivity index (χ3v) is 4.85. The monoisotopic (exact) mass is 452 g/mol. The first-order valence-electron chi connectivity index (χ1n) is 10.6. The molecular weight excluding hydrogens is 424 g/mol. The molecule has 0 fully saturated rings. The second kappa shape index (κ2) is 13.5. The summed E-state index contributed by atoms with van der Waals surface area (Å²) < 4.78 is 0. The molecule has 1 aliphatic rings. The van der Waals surface area contributed by atoms with Gasteiger partial charge >= 0.3 is 17.9 Å². The highest BCUT2D eigenvalue weighted by molar-refractivity contribution is 5.89. The van der Waals surface area contributed by atoms with Gasteiger partial charge in [0.1, 0.15) is 0 Å². The molecule has 174 valence electrons. The molecule has 0 spiro atoms. The van der Waals surface area contributed by atoms with Crippen molar-refractivity contribution in [3.8, 4) is 0 Å². The van der Waals surface area contributed by atoms with E-state index in [1.807, 2.05) is 0 Å². The summed E-state index contributed by atoms with van der Waals surface area (Å²) >= 11 is 0. The number of rotatable bonds is 9. The summed E-state index contributed by atoms with van der Waals surface area (Å²) in [5, 5.41) is 27.5. The van der Waals surface area contributed by atoms with Crippen molar-refractivity contribution in [2.45, 2.75) is 19.3 Å². The summed E-state index contributed by atoms with van der Waals surface area (Å²) in [6.07, 6.45) is 7.06. The minimum Gasteiger partial charge on any atom is -0.478 e. The van der Waals surface area contributed by atoms with Crippen molar-refractivity contribution in [3.05, 3.63) is 84.0 Å². The van der Waals surface area contributed by atoms with Gasteiger partial charge in [0.25, 0.3) is 0 Å². The number of hydrogen-bond donors (Lipinski definition) is 4. The van der Waals surface area contributed by atoms with Gasteiger partial charge in [0.2, 0.25) is 0 Å². The highest BCUT2D eigenvalue weighted by atomic mass is 16.4. The Morgan fingerprint density at radius 1 is 0.788 bits per heavy atom. The van der Waals surface area contributed by atoms with E-state index in [0.29, 0.717) is 18.7 Å². The highest BCUT2D eigenvalue weighted by Gasteiger charge is 2.19. The molecule has 1 heterocycles. The minimum absolute atomic E-state index is 0.558.